The smallest absolute Gasteiger partial charge is 0.0542 e. The molecule has 6 rings (SSSR count). The third kappa shape index (κ3) is 2.73. The van der Waals surface area contributed by atoms with E-state index in [1.54, 1.807) is 0 Å². The molecule has 30 heavy (non-hydrogen) atoms. The molecule has 4 aromatic carbocycles. The highest BCUT2D eigenvalue weighted by atomic mass is 15.0. The molecule has 0 fully saturated rings. The van der Waals surface area contributed by atoms with Gasteiger partial charge in [-0.05, 0) is 54.8 Å². The van der Waals surface area contributed by atoms with Crippen LogP contribution in [-0.4, -0.2) is 4.57 Å². The number of aryl methyl sites for hydroxylation is 1. The molecule has 5 aromatic rings. The molecule has 0 spiro atoms. The summed E-state index contributed by atoms with van der Waals surface area (Å²) in [6.07, 6.45) is 4.51. The van der Waals surface area contributed by atoms with E-state index >= 15 is 0 Å². The zero-order valence-electron chi connectivity index (χ0n) is 16.7. The highest BCUT2D eigenvalue weighted by Gasteiger charge is 2.15. The van der Waals surface area contributed by atoms with Gasteiger partial charge in [0.15, 0.2) is 0 Å². The lowest BCUT2D eigenvalue weighted by atomic mass is 9.94. The minimum absolute atomic E-state index is 1.08. The van der Waals surface area contributed by atoms with Crippen LogP contribution < -0.4 is 5.32 Å². The fourth-order valence-electron chi connectivity index (χ4n) is 4.66. The summed E-state index contributed by atoms with van der Waals surface area (Å²) in [6.45, 7) is 0. The van der Waals surface area contributed by atoms with Gasteiger partial charge in [-0.15, -0.1) is 0 Å². The van der Waals surface area contributed by atoms with E-state index in [4.69, 9.17) is 0 Å². The van der Waals surface area contributed by atoms with E-state index in [9.17, 15) is 0 Å². The van der Waals surface area contributed by atoms with Crippen LogP contribution >= 0.6 is 0 Å². The predicted octanol–water partition coefficient (Wildman–Crippen LogP) is 7.18. The first-order valence-corrected chi connectivity index (χ1v) is 10.5. The van der Waals surface area contributed by atoms with E-state index in [0.29, 0.717) is 0 Å². The van der Waals surface area contributed by atoms with Gasteiger partial charge in [-0.2, -0.15) is 0 Å². The van der Waals surface area contributed by atoms with E-state index < -0.39 is 0 Å². The number of hydrogen-bond donors (Lipinski definition) is 1. The molecule has 1 aromatic heterocycles. The maximum atomic E-state index is 3.69. The van der Waals surface area contributed by atoms with Crippen molar-refractivity contribution < 1.29 is 0 Å². The molecule has 0 radical (unpaired) electrons. The molecule has 0 atom stereocenters. The molecule has 2 nitrogen and oxygen atoms in total. The highest BCUT2D eigenvalue weighted by Crippen LogP contribution is 2.35. The Morgan fingerprint density at radius 2 is 1.43 bits per heavy atom. The fourth-order valence-corrected chi connectivity index (χ4v) is 4.66. The van der Waals surface area contributed by atoms with Crippen molar-refractivity contribution >= 4 is 33.2 Å². The summed E-state index contributed by atoms with van der Waals surface area (Å²) in [5, 5.41) is 6.24. The van der Waals surface area contributed by atoms with Gasteiger partial charge in [-0.1, -0.05) is 66.7 Å². The Kier molecular flexibility index (Phi) is 3.95. The SMILES string of the molecule is C1=C(Nc2ccc3c(c2)c2ccccc2n3-c2ccccc2)c2ccccc2CC1. The Bertz CT molecular complexity index is 1410. The van der Waals surface area contributed by atoms with Crippen molar-refractivity contribution in [1.29, 1.82) is 0 Å². The Hall–Kier alpha value is -3.78. The van der Waals surface area contributed by atoms with Gasteiger partial charge in [0.1, 0.15) is 0 Å². The number of nitrogens with one attached hydrogen (secondary N) is 1. The summed E-state index contributed by atoms with van der Waals surface area (Å²) >= 11 is 0. The van der Waals surface area contributed by atoms with Crippen molar-refractivity contribution in [2.75, 3.05) is 5.32 Å². The van der Waals surface area contributed by atoms with Crippen LogP contribution in [0.2, 0.25) is 0 Å². The lowest BCUT2D eigenvalue weighted by Crippen LogP contribution is -2.06. The van der Waals surface area contributed by atoms with Gasteiger partial charge in [0.25, 0.3) is 0 Å². The first-order valence-electron chi connectivity index (χ1n) is 10.5. The molecular formula is C28H22N2. The van der Waals surface area contributed by atoms with Crippen molar-refractivity contribution in [3.63, 3.8) is 0 Å². The largest absolute Gasteiger partial charge is 0.355 e. The van der Waals surface area contributed by atoms with Gasteiger partial charge in [-0.3, -0.25) is 0 Å². The van der Waals surface area contributed by atoms with Crippen LogP contribution in [0.5, 0.6) is 0 Å². The third-order valence-corrected chi connectivity index (χ3v) is 6.04. The molecule has 0 unspecified atom stereocenters. The summed E-state index contributed by atoms with van der Waals surface area (Å²) < 4.78 is 2.35. The molecule has 0 bridgehead atoms. The monoisotopic (exact) mass is 386 g/mol. The van der Waals surface area contributed by atoms with Gasteiger partial charge in [0.05, 0.1) is 11.0 Å². The topological polar surface area (TPSA) is 17.0 Å². The third-order valence-electron chi connectivity index (χ3n) is 6.04. The molecule has 0 saturated heterocycles. The molecule has 0 aliphatic heterocycles. The van der Waals surface area contributed by atoms with Crippen molar-refractivity contribution in [2.45, 2.75) is 12.8 Å². The number of hydrogen-bond acceptors (Lipinski definition) is 1. The van der Waals surface area contributed by atoms with E-state index in [-0.39, 0.29) is 0 Å². The van der Waals surface area contributed by atoms with Crippen LogP contribution in [0.25, 0.3) is 33.2 Å². The van der Waals surface area contributed by atoms with Crippen molar-refractivity contribution in [2.24, 2.45) is 0 Å². The number of aromatic nitrogens is 1. The molecule has 144 valence electrons. The Morgan fingerprint density at radius 3 is 2.37 bits per heavy atom. The normalized spacial score (nSPS) is 13.3. The molecule has 1 aliphatic carbocycles. The minimum Gasteiger partial charge on any atom is -0.355 e. The first-order chi connectivity index (χ1) is 14.9. The van der Waals surface area contributed by atoms with Gasteiger partial charge in [-0.25, -0.2) is 0 Å². The molecule has 0 saturated carbocycles. The molecule has 1 aliphatic rings. The van der Waals surface area contributed by atoms with E-state index in [2.05, 4.69) is 113 Å². The van der Waals surface area contributed by atoms with Gasteiger partial charge in [0, 0.05) is 33.4 Å². The number of allylic oxidation sites excluding steroid dienone is 1. The predicted molar refractivity (Wildman–Crippen MR) is 127 cm³/mol. The zero-order chi connectivity index (χ0) is 19.9. The molecule has 0 amide bonds. The average molecular weight is 386 g/mol. The van der Waals surface area contributed by atoms with E-state index in [1.807, 2.05) is 0 Å². The van der Waals surface area contributed by atoms with Gasteiger partial charge in [0.2, 0.25) is 0 Å². The summed E-state index contributed by atoms with van der Waals surface area (Å²) in [4.78, 5) is 0. The summed E-state index contributed by atoms with van der Waals surface area (Å²) in [5.41, 5.74) is 8.72. The Balaban J connectivity index is 1.49. The first kappa shape index (κ1) is 17.1. The zero-order valence-corrected chi connectivity index (χ0v) is 16.7. The van der Waals surface area contributed by atoms with Crippen LogP contribution in [0, 0.1) is 0 Å². The summed E-state index contributed by atoms with van der Waals surface area (Å²) in [7, 11) is 0. The summed E-state index contributed by atoms with van der Waals surface area (Å²) in [6, 6.07) is 34.7. The second-order valence-corrected chi connectivity index (χ2v) is 7.86. The number of rotatable bonds is 3. The van der Waals surface area contributed by atoms with Gasteiger partial charge >= 0.3 is 0 Å². The van der Waals surface area contributed by atoms with Crippen LogP contribution in [0.15, 0.2) is 103 Å². The minimum atomic E-state index is 1.08. The lowest BCUT2D eigenvalue weighted by Gasteiger charge is -2.19. The standard InChI is InChI=1S/C28H22N2/c1-2-11-22(12-3-1)30-27-16-7-6-14-24(27)25-19-21(17-18-28(25)30)29-26-15-8-10-20-9-4-5-13-23(20)26/h1-7,9,11-19,29H,8,10H2. The van der Waals surface area contributed by atoms with Crippen LogP contribution in [0.3, 0.4) is 0 Å². The van der Waals surface area contributed by atoms with Gasteiger partial charge < -0.3 is 9.88 Å². The number of para-hydroxylation sites is 2. The fraction of sp³-hybridized carbons (Fsp3) is 0.0714. The highest BCUT2D eigenvalue weighted by molar-refractivity contribution is 6.10. The second kappa shape index (κ2) is 6.93. The van der Waals surface area contributed by atoms with E-state index in [0.717, 1.165) is 18.5 Å². The van der Waals surface area contributed by atoms with Crippen molar-refractivity contribution in [1.82, 2.24) is 4.57 Å². The molecule has 1 N–H and O–H groups in total. The molecule has 1 heterocycles. The van der Waals surface area contributed by atoms with E-state index in [1.165, 1.54) is 44.3 Å². The maximum Gasteiger partial charge on any atom is 0.0542 e. The number of fused-ring (bicyclic) bond motifs is 4. The quantitative estimate of drug-likeness (QED) is 0.347. The lowest BCUT2D eigenvalue weighted by molar-refractivity contribution is 0.976. The number of benzene rings is 4. The number of nitrogens with zero attached hydrogens (tertiary/aromatic N) is 1. The Labute approximate surface area is 176 Å². The Morgan fingerprint density at radius 1 is 0.667 bits per heavy atom. The van der Waals surface area contributed by atoms with Crippen LogP contribution in [0.1, 0.15) is 17.5 Å². The maximum absolute atomic E-state index is 3.69. The van der Waals surface area contributed by atoms with Crippen LogP contribution in [-0.2, 0) is 6.42 Å². The molecule has 2 heteroatoms. The number of anilines is 1. The average Bonchev–Trinajstić information content (AvgIpc) is 3.14. The second-order valence-electron chi connectivity index (χ2n) is 7.86. The summed E-state index contributed by atoms with van der Waals surface area (Å²) in [5.74, 6) is 0. The van der Waals surface area contributed by atoms with Crippen molar-refractivity contribution in [3.05, 3.63) is 114 Å². The van der Waals surface area contributed by atoms with Crippen molar-refractivity contribution in [3.8, 4) is 5.69 Å². The molecular weight excluding hydrogens is 364 g/mol. The van der Waals surface area contributed by atoms with Crippen LogP contribution in [0.4, 0.5) is 5.69 Å².